The summed E-state index contributed by atoms with van der Waals surface area (Å²) in [5.41, 5.74) is 3.71. The first-order chi connectivity index (χ1) is 14.0. The summed E-state index contributed by atoms with van der Waals surface area (Å²) in [7, 11) is 0. The van der Waals surface area contributed by atoms with Crippen molar-refractivity contribution in [1.29, 1.82) is 5.26 Å². The highest BCUT2D eigenvalue weighted by Crippen LogP contribution is 2.59. The summed E-state index contributed by atoms with van der Waals surface area (Å²) in [6.45, 7) is 3.71. The first-order valence-corrected chi connectivity index (χ1v) is 10.2. The Kier molecular flexibility index (Phi) is 5.10. The van der Waals surface area contributed by atoms with E-state index >= 15 is 0 Å². The van der Waals surface area contributed by atoms with E-state index in [0.717, 1.165) is 13.1 Å². The van der Waals surface area contributed by atoms with Crippen LogP contribution in [0.25, 0.3) is 0 Å². The van der Waals surface area contributed by atoms with Crippen LogP contribution in [0.5, 0.6) is 0 Å². The number of piperidine rings is 1. The molecule has 0 radical (unpaired) electrons. The number of aryl methyl sites for hydroxylation is 1. The van der Waals surface area contributed by atoms with Gasteiger partial charge in [0.05, 0.1) is 11.3 Å². The van der Waals surface area contributed by atoms with Gasteiger partial charge in [-0.05, 0) is 43.4 Å². The molecule has 2 atom stereocenters. The van der Waals surface area contributed by atoms with Gasteiger partial charge in [-0.1, -0.05) is 42.0 Å². The van der Waals surface area contributed by atoms with Gasteiger partial charge in [0, 0.05) is 31.3 Å². The smallest absolute Gasteiger partial charge is 0.224 e. The molecule has 2 aromatic carbocycles. The van der Waals surface area contributed by atoms with Crippen LogP contribution in [0.3, 0.4) is 0 Å². The van der Waals surface area contributed by atoms with Crippen molar-refractivity contribution in [3.05, 3.63) is 65.2 Å². The molecule has 1 N–H and O–H groups in total. The Morgan fingerprint density at radius 1 is 1.17 bits per heavy atom. The molecule has 0 aromatic heterocycles. The number of hydrogen-bond acceptors (Lipinski definition) is 3. The molecule has 1 saturated heterocycles. The lowest BCUT2D eigenvalue weighted by Crippen LogP contribution is -2.32. The second kappa shape index (κ2) is 7.71. The highest BCUT2D eigenvalue weighted by Gasteiger charge is 2.61. The predicted molar refractivity (Wildman–Crippen MR) is 111 cm³/mol. The van der Waals surface area contributed by atoms with Crippen molar-refractivity contribution < 1.29 is 9.59 Å². The number of anilines is 1. The molecule has 0 unspecified atom stereocenters. The third-order valence-corrected chi connectivity index (χ3v) is 6.24. The van der Waals surface area contributed by atoms with Crippen LogP contribution >= 0.6 is 0 Å². The fraction of sp³-hybridized carbons (Fsp3) is 0.375. The van der Waals surface area contributed by atoms with Crippen molar-refractivity contribution in [2.24, 2.45) is 5.92 Å². The van der Waals surface area contributed by atoms with Crippen LogP contribution < -0.4 is 5.32 Å². The van der Waals surface area contributed by atoms with E-state index in [1.807, 2.05) is 4.90 Å². The summed E-state index contributed by atoms with van der Waals surface area (Å²) in [6, 6.07) is 17.7. The molecule has 1 heterocycles. The zero-order chi connectivity index (χ0) is 20.4. The molecule has 29 heavy (non-hydrogen) atoms. The van der Waals surface area contributed by atoms with Crippen molar-refractivity contribution in [2.75, 3.05) is 18.4 Å². The second-order valence-electron chi connectivity index (χ2n) is 8.26. The van der Waals surface area contributed by atoms with E-state index in [0.29, 0.717) is 30.0 Å². The number of hydrogen-bond donors (Lipinski definition) is 1. The zero-order valence-corrected chi connectivity index (χ0v) is 16.6. The molecular weight excluding hydrogens is 362 g/mol. The lowest BCUT2D eigenvalue weighted by atomic mass is 9.94. The minimum absolute atomic E-state index is 0.133. The topological polar surface area (TPSA) is 73.2 Å². The summed E-state index contributed by atoms with van der Waals surface area (Å²) in [5.74, 6) is 0.537. The zero-order valence-electron chi connectivity index (χ0n) is 16.6. The van der Waals surface area contributed by atoms with Gasteiger partial charge in [0.15, 0.2) is 0 Å². The first-order valence-electron chi connectivity index (χ1n) is 10.2. The van der Waals surface area contributed by atoms with Crippen LogP contribution in [0.15, 0.2) is 48.5 Å². The number of nitrogens with one attached hydrogen (secondary N) is 1. The average Bonchev–Trinajstić information content (AvgIpc) is 3.29. The number of carbonyl (C=O) groups excluding carboxylic acids is 2. The predicted octanol–water partition coefficient (Wildman–Crippen LogP) is 3.78. The van der Waals surface area contributed by atoms with Crippen LogP contribution in [-0.4, -0.2) is 29.8 Å². The van der Waals surface area contributed by atoms with Crippen molar-refractivity contribution in [2.45, 2.75) is 38.0 Å². The molecule has 2 aliphatic rings. The van der Waals surface area contributed by atoms with Crippen LogP contribution in [0.1, 0.15) is 42.4 Å². The summed E-state index contributed by atoms with van der Waals surface area (Å²) in [4.78, 5) is 26.8. The largest absolute Gasteiger partial charge is 0.341 e. The number of nitriles is 1. The van der Waals surface area contributed by atoms with Gasteiger partial charge < -0.3 is 10.2 Å². The number of amides is 2. The standard InChI is InChI=1S/C24H25N3O2/c1-17-9-11-19(12-10-17)24-13-20(24)15-27(16-24)23(29)8-4-7-22(28)26-21-6-3-2-5-18(21)14-25/h2-3,5-6,9-12,20H,4,7-8,13,15-16H2,1H3,(H,26,28)/t20-,24+/m0/s1. The van der Waals surface area contributed by atoms with E-state index in [1.165, 1.54) is 17.5 Å². The van der Waals surface area contributed by atoms with Gasteiger partial charge in [0.1, 0.15) is 6.07 Å². The highest BCUT2D eigenvalue weighted by molar-refractivity contribution is 5.92. The number of fused-ring (bicyclic) bond motifs is 1. The molecule has 5 nitrogen and oxygen atoms in total. The molecule has 4 rings (SSSR count). The number of carbonyl (C=O) groups is 2. The van der Waals surface area contributed by atoms with Crippen LogP contribution in [0, 0.1) is 24.2 Å². The maximum atomic E-state index is 12.6. The number of benzene rings is 2. The van der Waals surface area contributed by atoms with E-state index in [-0.39, 0.29) is 23.7 Å². The van der Waals surface area contributed by atoms with Crippen molar-refractivity contribution >= 4 is 17.5 Å². The van der Waals surface area contributed by atoms with Gasteiger partial charge in [0.25, 0.3) is 0 Å². The van der Waals surface area contributed by atoms with Crippen molar-refractivity contribution in [1.82, 2.24) is 4.90 Å². The summed E-state index contributed by atoms with van der Waals surface area (Å²) < 4.78 is 0. The third kappa shape index (κ3) is 3.88. The molecule has 1 saturated carbocycles. The van der Waals surface area contributed by atoms with Gasteiger partial charge in [-0.2, -0.15) is 5.26 Å². The van der Waals surface area contributed by atoms with Crippen LogP contribution in [0.2, 0.25) is 0 Å². The number of para-hydroxylation sites is 1. The lowest BCUT2D eigenvalue weighted by molar-refractivity contribution is -0.130. The summed E-state index contributed by atoms with van der Waals surface area (Å²) >= 11 is 0. The molecule has 0 spiro atoms. The average molecular weight is 387 g/mol. The summed E-state index contributed by atoms with van der Waals surface area (Å²) in [6.07, 6.45) is 2.33. The monoisotopic (exact) mass is 387 g/mol. The van der Waals surface area contributed by atoms with E-state index in [1.54, 1.807) is 24.3 Å². The molecule has 5 heteroatoms. The number of rotatable bonds is 6. The SMILES string of the molecule is Cc1ccc([C@]23C[C@H]2CN(C(=O)CCCC(=O)Nc2ccccc2C#N)C3)cc1. The first kappa shape index (κ1) is 19.2. The fourth-order valence-corrected chi connectivity index (χ4v) is 4.47. The van der Waals surface area contributed by atoms with Crippen molar-refractivity contribution in [3.63, 3.8) is 0 Å². The highest BCUT2D eigenvalue weighted by atomic mass is 16.2. The molecule has 2 aromatic rings. The van der Waals surface area contributed by atoms with Gasteiger partial charge in [-0.3, -0.25) is 9.59 Å². The van der Waals surface area contributed by atoms with E-state index < -0.39 is 0 Å². The molecule has 1 aliphatic carbocycles. The van der Waals surface area contributed by atoms with E-state index in [9.17, 15) is 9.59 Å². The number of nitrogens with zero attached hydrogens (tertiary/aromatic N) is 2. The van der Waals surface area contributed by atoms with Gasteiger partial charge in [-0.15, -0.1) is 0 Å². The molecule has 1 aliphatic heterocycles. The normalized spacial score (nSPS) is 21.9. The Balaban J connectivity index is 1.25. The fourth-order valence-electron chi connectivity index (χ4n) is 4.47. The molecule has 148 valence electrons. The van der Waals surface area contributed by atoms with Crippen LogP contribution in [-0.2, 0) is 15.0 Å². The van der Waals surface area contributed by atoms with Gasteiger partial charge >= 0.3 is 0 Å². The van der Waals surface area contributed by atoms with E-state index in [2.05, 4.69) is 42.6 Å². The Hall–Kier alpha value is -3.13. The third-order valence-electron chi connectivity index (χ3n) is 6.24. The van der Waals surface area contributed by atoms with Gasteiger partial charge in [-0.25, -0.2) is 0 Å². The molecule has 2 amide bonds. The second-order valence-corrected chi connectivity index (χ2v) is 8.26. The van der Waals surface area contributed by atoms with Gasteiger partial charge in [0.2, 0.25) is 11.8 Å². The Morgan fingerprint density at radius 2 is 1.93 bits per heavy atom. The molecule has 2 fully saturated rings. The minimum Gasteiger partial charge on any atom is -0.341 e. The molecule has 0 bridgehead atoms. The van der Waals surface area contributed by atoms with E-state index in [4.69, 9.17) is 5.26 Å². The molecular formula is C24H25N3O2. The Morgan fingerprint density at radius 3 is 2.69 bits per heavy atom. The quantitative estimate of drug-likeness (QED) is 0.820. The Labute approximate surface area is 171 Å². The van der Waals surface area contributed by atoms with Crippen LogP contribution in [0.4, 0.5) is 5.69 Å². The lowest BCUT2D eigenvalue weighted by Gasteiger charge is -2.21. The minimum atomic E-state index is -0.166. The Bertz CT molecular complexity index is 976. The van der Waals surface area contributed by atoms with Crippen molar-refractivity contribution in [3.8, 4) is 6.07 Å². The maximum absolute atomic E-state index is 12.6. The number of likely N-dealkylation sites (tertiary alicyclic amines) is 1. The summed E-state index contributed by atoms with van der Waals surface area (Å²) in [5, 5.41) is 11.9. The maximum Gasteiger partial charge on any atom is 0.224 e.